The number of ether oxygens (including phenoxy) is 1. The molecular weight excluding hydrogens is 457 g/mol. The van der Waals surface area contributed by atoms with Gasteiger partial charge in [-0.25, -0.2) is 4.31 Å². The van der Waals surface area contributed by atoms with Crippen LogP contribution < -0.4 is 4.31 Å². The summed E-state index contributed by atoms with van der Waals surface area (Å²) in [6.07, 6.45) is 5.87. The summed E-state index contributed by atoms with van der Waals surface area (Å²) in [4.78, 5) is 5.51. The van der Waals surface area contributed by atoms with Crippen LogP contribution in [0.4, 0.5) is 18.9 Å². The molecule has 176 valence electrons. The van der Waals surface area contributed by atoms with E-state index in [1.807, 2.05) is 0 Å². The molecule has 2 rings (SSSR count). The number of alkyl halides is 3. The molecule has 0 N–H and O–H groups in total. The van der Waals surface area contributed by atoms with Crippen LogP contribution in [0.2, 0.25) is 5.02 Å². The zero-order chi connectivity index (χ0) is 23.1. The predicted molar refractivity (Wildman–Crippen MR) is 115 cm³/mol. The molecule has 1 aliphatic carbocycles. The molecule has 0 saturated heterocycles. The molecule has 0 atom stereocenters. The number of benzene rings is 1. The maximum Gasteiger partial charge on any atom is 0.516 e. The van der Waals surface area contributed by atoms with Gasteiger partial charge in [-0.3, -0.25) is 0 Å². The van der Waals surface area contributed by atoms with Gasteiger partial charge in [0, 0.05) is 17.2 Å². The van der Waals surface area contributed by atoms with Gasteiger partial charge in [0.2, 0.25) is 0 Å². The maximum atomic E-state index is 13.3. The van der Waals surface area contributed by atoms with Gasteiger partial charge in [-0.2, -0.15) is 21.6 Å². The van der Waals surface area contributed by atoms with Crippen molar-refractivity contribution in [2.24, 2.45) is 11.1 Å². The van der Waals surface area contributed by atoms with Crippen LogP contribution in [0.1, 0.15) is 57.9 Å². The first-order chi connectivity index (χ1) is 14.6. The lowest BCUT2D eigenvalue weighted by atomic mass is 9.90. The Bertz CT molecular complexity index is 856. The zero-order valence-corrected chi connectivity index (χ0v) is 19.2. The lowest BCUT2D eigenvalue weighted by Gasteiger charge is -2.27. The monoisotopic (exact) mass is 484 g/mol. The molecule has 1 aliphatic rings. The van der Waals surface area contributed by atoms with Crippen LogP contribution in [-0.2, 0) is 19.6 Å². The first kappa shape index (κ1) is 25.7. The molecule has 1 aromatic rings. The lowest BCUT2D eigenvalue weighted by molar-refractivity contribution is -0.0445. The van der Waals surface area contributed by atoms with Gasteiger partial charge in [-0.1, -0.05) is 42.9 Å². The highest BCUT2D eigenvalue weighted by molar-refractivity contribution is 7.93. The molecule has 0 bridgehead atoms. The summed E-state index contributed by atoms with van der Waals surface area (Å²) < 4.78 is 69.7. The molecule has 0 spiro atoms. The molecule has 11 heteroatoms. The molecule has 0 heterocycles. The number of rotatable bonds is 10. The van der Waals surface area contributed by atoms with Gasteiger partial charge in [-0.05, 0) is 50.3 Å². The number of hydrogen-bond acceptors (Lipinski definition) is 5. The molecule has 0 amide bonds. The van der Waals surface area contributed by atoms with Crippen molar-refractivity contribution in [3.8, 4) is 0 Å². The summed E-state index contributed by atoms with van der Waals surface area (Å²) in [5, 5.41) is 4.36. The highest BCUT2D eigenvalue weighted by Crippen LogP contribution is 2.34. The fraction of sp³-hybridized carbons (Fsp3) is 0.650. The van der Waals surface area contributed by atoms with E-state index in [2.05, 4.69) is 5.16 Å². The van der Waals surface area contributed by atoms with Gasteiger partial charge in [0.1, 0.15) is 13.3 Å². The largest absolute Gasteiger partial charge is 0.516 e. The minimum atomic E-state index is -5.71. The van der Waals surface area contributed by atoms with E-state index in [-0.39, 0.29) is 27.2 Å². The Morgan fingerprint density at radius 2 is 1.90 bits per heavy atom. The normalized spacial score (nSPS) is 16.4. The quantitative estimate of drug-likeness (QED) is 0.242. The Labute approximate surface area is 186 Å². The highest BCUT2D eigenvalue weighted by atomic mass is 35.5. The molecule has 0 unspecified atom stereocenters. The van der Waals surface area contributed by atoms with Gasteiger partial charge in [-0.15, -0.1) is 0 Å². The Hall–Kier alpha value is -1.52. The second-order valence-electron chi connectivity index (χ2n) is 7.27. The third-order valence-electron chi connectivity index (χ3n) is 5.08. The summed E-state index contributed by atoms with van der Waals surface area (Å²) in [6.45, 7) is 2.94. The molecule has 1 aromatic carbocycles. The van der Waals surface area contributed by atoms with Gasteiger partial charge >= 0.3 is 15.5 Å². The van der Waals surface area contributed by atoms with E-state index in [1.54, 1.807) is 13.8 Å². The number of sulfonamides is 1. The van der Waals surface area contributed by atoms with Crippen molar-refractivity contribution >= 4 is 33.0 Å². The summed E-state index contributed by atoms with van der Waals surface area (Å²) in [5.41, 5.74) is -5.28. The van der Waals surface area contributed by atoms with E-state index in [9.17, 15) is 21.6 Å². The van der Waals surface area contributed by atoms with Crippen LogP contribution in [0.3, 0.4) is 0 Å². The van der Waals surface area contributed by atoms with E-state index in [0.717, 1.165) is 25.7 Å². The van der Waals surface area contributed by atoms with Crippen molar-refractivity contribution in [1.82, 2.24) is 0 Å². The minimum absolute atomic E-state index is 0.0338. The fourth-order valence-corrected chi connectivity index (χ4v) is 4.46. The number of anilines is 1. The van der Waals surface area contributed by atoms with Gasteiger partial charge in [0.25, 0.3) is 0 Å². The van der Waals surface area contributed by atoms with Crippen molar-refractivity contribution in [1.29, 1.82) is 0 Å². The van der Waals surface area contributed by atoms with Crippen molar-refractivity contribution in [3.63, 3.8) is 0 Å². The predicted octanol–water partition coefficient (Wildman–Crippen LogP) is 5.70. The number of nitrogens with zero attached hydrogens (tertiary/aromatic N) is 2. The molecule has 0 aromatic heterocycles. The number of halogens is 4. The summed E-state index contributed by atoms with van der Waals surface area (Å²) in [7, 11) is -5.71. The summed E-state index contributed by atoms with van der Waals surface area (Å²) in [5.74, 6) is 0.384. The minimum Gasteiger partial charge on any atom is -0.395 e. The summed E-state index contributed by atoms with van der Waals surface area (Å²) in [6, 6.07) is 3.92. The van der Waals surface area contributed by atoms with E-state index < -0.39 is 22.3 Å². The number of oxime groups is 1. The SMILES string of the molecule is CCOCN(c1ccc(Cl)cc1/C(CC)=N/OCC1CCCCC1)S(=O)(=O)C(F)(F)F. The average molecular weight is 485 g/mol. The van der Waals surface area contributed by atoms with Crippen LogP contribution in [0.15, 0.2) is 23.4 Å². The van der Waals surface area contributed by atoms with Gasteiger partial charge in [0.05, 0.1) is 11.4 Å². The topological polar surface area (TPSA) is 68.2 Å². The molecule has 1 saturated carbocycles. The fourth-order valence-electron chi connectivity index (χ4n) is 3.40. The molecule has 0 radical (unpaired) electrons. The van der Waals surface area contributed by atoms with Gasteiger partial charge < -0.3 is 9.57 Å². The smallest absolute Gasteiger partial charge is 0.395 e. The number of hydrogen-bond donors (Lipinski definition) is 0. The molecule has 31 heavy (non-hydrogen) atoms. The zero-order valence-electron chi connectivity index (χ0n) is 17.6. The second kappa shape index (κ2) is 11.4. The third kappa shape index (κ3) is 6.73. The average Bonchev–Trinajstić information content (AvgIpc) is 2.72. The first-order valence-electron chi connectivity index (χ1n) is 10.3. The van der Waals surface area contributed by atoms with Crippen LogP contribution >= 0.6 is 11.6 Å². The van der Waals surface area contributed by atoms with Crippen molar-refractivity contribution in [2.75, 3.05) is 24.2 Å². The second-order valence-corrected chi connectivity index (χ2v) is 9.56. The molecular formula is C20H28ClF3N2O4S. The molecule has 6 nitrogen and oxygen atoms in total. The van der Waals surface area contributed by atoms with E-state index in [4.69, 9.17) is 21.2 Å². The van der Waals surface area contributed by atoms with Crippen LogP contribution in [0.5, 0.6) is 0 Å². The standard InChI is InChI=1S/C20H28ClF3N2O4S/c1-3-18(25-30-13-15-8-6-5-7-9-15)17-12-16(21)10-11-19(17)26(14-29-4-2)31(27,28)20(22,23)24/h10-12,15H,3-9,13-14H2,1-2H3/b25-18+. The van der Waals surface area contributed by atoms with Crippen LogP contribution in [0, 0.1) is 5.92 Å². The maximum absolute atomic E-state index is 13.3. The molecule has 0 aliphatic heterocycles. The lowest BCUT2D eigenvalue weighted by Crippen LogP contribution is -2.42. The first-order valence-corrected chi connectivity index (χ1v) is 12.1. The van der Waals surface area contributed by atoms with Gasteiger partial charge in [0.15, 0.2) is 0 Å². The highest BCUT2D eigenvalue weighted by Gasteiger charge is 2.51. The van der Waals surface area contributed by atoms with Crippen LogP contribution in [-0.4, -0.2) is 39.6 Å². The Morgan fingerprint density at radius 1 is 1.23 bits per heavy atom. The van der Waals surface area contributed by atoms with Crippen molar-refractivity contribution in [3.05, 3.63) is 28.8 Å². The third-order valence-corrected chi connectivity index (χ3v) is 6.78. The van der Waals surface area contributed by atoms with E-state index in [0.29, 0.717) is 24.7 Å². The Kier molecular flexibility index (Phi) is 9.45. The van der Waals surface area contributed by atoms with Crippen LogP contribution in [0.25, 0.3) is 0 Å². The Morgan fingerprint density at radius 3 is 2.48 bits per heavy atom. The molecule has 1 fully saturated rings. The van der Waals surface area contributed by atoms with E-state index >= 15 is 0 Å². The Balaban J connectivity index is 2.41. The van der Waals surface area contributed by atoms with Crippen molar-refractivity contribution < 1.29 is 31.2 Å². The van der Waals surface area contributed by atoms with E-state index in [1.165, 1.54) is 24.6 Å². The summed E-state index contributed by atoms with van der Waals surface area (Å²) >= 11 is 6.07. The van der Waals surface area contributed by atoms with Crippen molar-refractivity contribution in [2.45, 2.75) is 57.9 Å².